The lowest BCUT2D eigenvalue weighted by Gasteiger charge is -2.03. The number of hydrogen-bond donors (Lipinski definition) is 0. The van der Waals surface area contributed by atoms with Gasteiger partial charge in [0.1, 0.15) is 5.82 Å². The Bertz CT molecular complexity index is 987. The lowest BCUT2D eigenvalue weighted by atomic mass is 10.2. The summed E-state index contributed by atoms with van der Waals surface area (Å²) in [6.07, 6.45) is 2.06. The minimum Gasteiger partial charge on any atom is -0.258 e. The topological polar surface area (TPSA) is 83.0 Å². The van der Waals surface area contributed by atoms with Gasteiger partial charge in [0.2, 0.25) is 0 Å². The monoisotopic (exact) mass is 336 g/mol. The molecule has 7 nitrogen and oxygen atoms in total. The number of para-hydroxylation sites is 1. The fraction of sp³-hybridized carbons (Fsp3) is 0.222. The van der Waals surface area contributed by atoms with Crippen LogP contribution in [0, 0.1) is 10.1 Å². The summed E-state index contributed by atoms with van der Waals surface area (Å²) < 4.78 is 3.04. The van der Waals surface area contributed by atoms with E-state index < -0.39 is 4.92 Å². The van der Waals surface area contributed by atoms with E-state index in [1.54, 1.807) is 16.7 Å². The van der Waals surface area contributed by atoms with Gasteiger partial charge in [-0.3, -0.25) is 10.1 Å². The van der Waals surface area contributed by atoms with Crippen LogP contribution in [0.1, 0.15) is 30.1 Å². The second-order valence-corrected chi connectivity index (χ2v) is 6.17. The molecule has 0 aliphatic heterocycles. The molecule has 1 aliphatic carbocycles. The maximum absolute atomic E-state index is 12.9. The normalized spacial score (nSPS) is 13.8. The van der Waals surface area contributed by atoms with Crippen molar-refractivity contribution < 1.29 is 4.92 Å². The van der Waals surface area contributed by atoms with E-state index in [-0.39, 0.29) is 17.9 Å². The number of rotatable bonds is 5. The molecule has 126 valence electrons. The van der Waals surface area contributed by atoms with Crippen molar-refractivity contribution in [3.8, 4) is 5.69 Å². The number of nitrogens with zero attached hydrogens (tertiary/aromatic N) is 4. The summed E-state index contributed by atoms with van der Waals surface area (Å²) in [6.45, 7) is 0.208. The van der Waals surface area contributed by atoms with E-state index in [0.29, 0.717) is 11.5 Å². The molecule has 2 aromatic carbocycles. The van der Waals surface area contributed by atoms with E-state index in [1.165, 1.54) is 16.8 Å². The number of nitro groups is 1. The SMILES string of the molecule is O=c1n(Cc2cccc([N+](=O)[O-])c2)nc(C2CC2)n1-c1ccccc1. The van der Waals surface area contributed by atoms with Crippen LogP contribution < -0.4 is 5.69 Å². The first-order valence-corrected chi connectivity index (χ1v) is 8.12. The van der Waals surface area contributed by atoms with Crippen LogP contribution in [-0.4, -0.2) is 19.3 Å². The molecule has 7 heteroatoms. The molecule has 1 heterocycles. The van der Waals surface area contributed by atoms with Gasteiger partial charge in [0.05, 0.1) is 17.2 Å². The largest absolute Gasteiger partial charge is 0.350 e. The van der Waals surface area contributed by atoms with E-state index in [0.717, 1.165) is 24.4 Å². The summed E-state index contributed by atoms with van der Waals surface area (Å²) >= 11 is 0. The first kappa shape index (κ1) is 15.3. The van der Waals surface area contributed by atoms with Crippen molar-refractivity contribution in [3.63, 3.8) is 0 Å². The third-order valence-electron chi connectivity index (χ3n) is 4.27. The van der Waals surface area contributed by atoms with Gasteiger partial charge in [-0.1, -0.05) is 30.3 Å². The third kappa shape index (κ3) is 2.96. The first-order chi connectivity index (χ1) is 12.1. The quantitative estimate of drug-likeness (QED) is 0.530. The van der Waals surface area contributed by atoms with Crippen LogP contribution >= 0.6 is 0 Å². The Hall–Kier alpha value is -3.22. The minimum absolute atomic E-state index is 0.00968. The van der Waals surface area contributed by atoms with Gasteiger partial charge in [-0.15, -0.1) is 0 Å². The molecule has 1 aliphatic rings. The van der Waals surface area contributed by atoms with Crippen LogP contribution in [-0.2, 0) is 6.54 Å². The summed E-state index contributed by atoms with van der Waals surface area (Å²) in [6, 6.07) is 15.7. The van der Waals surface area contributed by atoms with Gasteiger partial charge < -0.3 is 0 Å². The highest BCUT2D eigenvalue weighted by atomic mass is 16.6. The summed E-state index contributed by atoms with van der Waals surface area (Å²) in [5, 5.41) is 15.4. The maximum atomic E-state index is 12.9. The van der Waals surface area contributed by atoms with Crippen LogP contribution in [0.2, 0.25) is 0 Å². The lowest BCUT2D eigenvalue weighted by Crippen LogP contribution is -2.24. The van der Waals surface area contributed by atoms with Gasteiger partial charge in [0, 0.05) is 18.1 Å². The summed E-state index contributed by atoms with van der Waals surface area (Å²) in [5.74, 6) is 1.07. The predicted octanol–water partition coefficient (Wildman–Crippen LogP) is 2.87. The number of aromatic nitrogens is 3. The summed E-state index contributed by atoms with van der Waals surface area (Å²) in [5.41, 5.74) is 1.26. The molecule has 1 fully saturated rings. The lowest BCUT2D eigenvalue weighted by molar-refractivity contribution is -0.384. The van der Waals surface area contributed by atoms with Crippen molar-refractivity contribution in [2.75, 3.05) is 0 Å². The van der Waals surface area contributed by atoms with E-state index in [4.69, 9.17) is 0 Å². The molecular weight excluding hydrogens is 320 g/mol. The smallest absolute Gasteiger partial charge is 0.258 e. The minimum atomic E-state index is -0.440. The number of non-ortho nitro benzene ring substituents is 1. The first-order valence-electron chi connectivity index (χ1n) is 8.12. The van der Waals surface area contributed by atoms with Gasteiger partial charge in [0.25, 0.3) is 5.69 Å². The molecule has 0 unspecified atom stereocenters. The Kier molecular flexibility index (Phi) is 3.68. The summed E-state index contributed by atoms with van der Waals surface area (Å²) in [4.78, 5) is 23.4. The number of nitro benzene ring substituents is 1. The van der Waals surface area contributed by atoms with E-state index in [9.17, 15) is 14.9 Å². The van der Waals surface area contributed by atoms with Crippen LogP contribution in [0.25, 0.3) is 5.69 Å². The van der Waals surface area contributed by atoms with E-state index >= 15 is 0 Å². The van der Waals surface area contributed by atoms with Crippen molar-refractivity contribution in [2.45, 2.75) is 25.3 Å². The molecule has 0 radical (unpaired) electrons. The molecule has 0 spiro atoms. The Morgan fingerprint density at radius 2 is 1.88 bits per heavy atom. The van der Waals surface area contributed by atoms with Crippen LogP contribution in [0.15, 0.2) is 59.4 Å². The molecule has 4 rings (SSSR count). The molecule has 0 N–H and O–H groups in total. The van der Waals surface area contributed by atoms with Crippen LogP contribution in [0.5, 0.6) is 0 Å². The average Bonchev–Trinajstić information content (AvgIpc) is 3.42. The molecule has 1 aromatic heterocycles. The molecule has 3 aromatic rings. The maximum Gasteiger partial charge on any atom is 0.350 e. The highest BCUT2D eigenvalue weighted by Crippen LogP contribution is 2.39. The second-order valence-electron chi connectivity index (χ2n) is 6.17. The fourth-order valence-electron chi connectivity index (χ4n) is 2.89. The zero-order valence-corrected chi connectivity index (χ0v) is 13.4. The number of hydrogen-bond acceptors (Lipinski definition) is 4. The zero-order valence-electron chi connectivity index (χ0n) is 13.4. The second kappa shape index (κ2) is 6.01. The Morgan fingerprint density at radius 3 is 2.56 bits per heavy atom. The average molecular weight is 336 g/mol. The van der Waals surface area contributed by atoms with E-state index in [2.05, 4.69) is 5.10 Å². The van der Waals surface area contributed by atoms with Crippen molar-refractivity contribution in [2.24, 2.45) is 0 Å². The molecule has 25 heavy (non-hydrogen) atoms. The molecule has 1 saturated carbocycles. The molecular formula is C18H16N4O3. The molecule has 0 atom stereocenters. The van der Waals surface area contributed by atoms with Gasteiger partial charge in [-0.05, 0) is 30.5 Å². The number of benzene rings is 2. The Labute approximate surface area is 143 Å². The molecule has 0 saturated heterocycles. The Morgan fingerprint density at radius 1 is 1.12 bits per heavy atom. The van der Waals surface area contributed by atoms with Gasteiger partial charge in [0.15, 0.2) is 0 Å². The van der Waals surface area contributed by atoms with Crippen molar-refractivity contribution in [1.29, 1.82) is 0 Å². The fourth-order valence-corrected chi connectivity index (χ4v) is 2.89. The van der Waals surface area contributed by atoms with E-state index in [1.807, 2.05) is 30.3 Å². The van der Waals surface area contributed by atoms with Gasteiger partial charge >= 0.3 is 5.69 Å². The van der Waals surface area contributed by atoms with Crippen molar-refractivity contribution in [3.05, 3.63) is 86.6 Å². The molecule has 0 amide bonds. The van der Waals surface area contributed by atoms with Crippen molar-refractivity contribution >= 4 is 5.69 Å². The zero-order chi connectivity index (χ0) is 17.4. The van der Waals surface area contributed by atoms with Gasteiger partial charge in [-0.2, -0.15) is 5.10 Å². The van der Waals surface area contributed by atoms with Crippen LogP contribution in [0.4, 0.5) is 5.69 Å². The van der Waals surface area contributed by atoms with Gasteiger partial charge in [-0.25, -0.2) is 14.0 Å². The predicted molar refractivity (Wildman–Crippen MR) is 92.0 cm³/mol. The highest BCUT2D eigenvalue weighted by Gasteiger charge is 2.31. The Balaban J connectivity index is 1.75. The van der Waals surface area contributed by atoms with Crippen LogP contribution in [0.3, 0.4) is 0 Å². The highest BCUT2D eigenvalue weighted by molar-refractivity contribution is 5.35. The summed E-state index contributed by atoms with van der Waals surface area (Å²) in [7, 11) is 0. The third-order valence-corrected chi connectivity index (χ3v) is 4.27. The molecule has 0 bridgehead atoms. The van der Waals surface area contributed by atoms with Crippen molar-refractivity contribution in [1.82, 2.24) is 14.3 Å². The standard InChI is InChI=1S/C18H16N4O3/c23-18-20(12-13-5-4-8-16(11-13)22(24)25)19-17(14-9-10-14)21(18)15-6-2-1-3-7-15/h1-8,11,14H,9-10,12H2.